The van der Waals surface area contributed by atoms with Gasteiger partial charge >= 0.3 is 6.03 Å². The molecule has 2 aromatic rings. The van der Waals surface area contributed by atoms with Crippen LogP contribution in [0.4, 0.5) is 9.18 Å². The molecule has 0 spiro atoms. The molecule has 1 saturated heterocycles. The molecule has 2 heterocycles. The number of benzene rings is 2. The van der Waals surface area contributed by atoms with Crippen molar-refractivity contribution in [1.29, 1.82) is 5.26 Å². The Morgan fingerprint density at radius 3 is 2.07 bits per heavy atom. The lowest BCUT2D eigenvalue weighted by molar-refractivity contribution is 0.149. The molecule has 2 aromatic carbocycles. The van der Waals surface area contributed by atoms with Gasteiger partial charge in [-0.3, -0.25) is 0 Å². The second-order valence-corrected chi connectivity index (χ2v) is 6.99. The van der Waals surface area contributed by atoms with Gasteiger partial charge in [0.2, 0.25) is 0 Å². The van der Waals surface area contributed by atoms with Crippen molar-refractivity contribution in [3.63, 3.8) is 0 Å². The van der Waals surface area contributed by atoms with Crippen LogP contribution in [0.2, 0.25) is 0 Å². The van der Waals surface area contributed by atoms with E-state index in [-0.39, 0.29) is 11.8 Å². The third-order valence-corrected chi connectivity index (χ3v) is 5.35. The molecule has 1 fully saturated rings. The zero-order valence-corrected chi connectivity index (χ0v) is 15.0. The van der Waals surface area contributed by atoms with Gasteiger partial charge in [-0.1, -0.05) is 36.4 Å². The van der Waals surface area contributed by atoms with E-state index in [1.807, 2.05) is 21.9 Å². The van der Waals surface area contributed by atoms with E-state index in [4.69, 9.17) is 0 Å². The highest BCUT2D eigenvalue weighted by Crippen LogP contribution is 2.29. The van der Waals surface area contributed by atoms with Gasteiger partial charge < -0.3 is 9.80 Å². The number of hydrogen-bond donors (Lipinski definition) is 0. The first-order chi connectivity index (χ1) is 13.2. The topological polar surface area (TPSA) is 47.3 Å². The first kappa shape index (κ1) is 17.3. The minimum atomic E-state index is -0.312. The fourth-order valence-corrected chi connectivity index (χ4v) is 3.85. The quantitative estimate of drug-likeness (QED) is 0.710. The molecule has 0 saturated carbocycles. The van der Waals surface area contributed by atoms with Crippen LogP contribution >= 0.6 is 0 Å². The second-order valence-electron chi connectivity index (χ2n) is 6.99. The van der Waals surface area contributed by atoms with E-state index in [0.717, 1.165) is 11.1 Å². The third-order valence-electron chi connectivity index (χ3n) is 5.35. The number of carbonyl (C=O) groups excluding carboxylic acids is 1. The summed E-state index contributed by atoms with van der Waals surface area (Å²) in [5, 5.41) is 9.56. The lowest BCUT2D eigenvalue weighted by atomic mass is 9.94. The van der Waals surface area contributed by atoms with E-state index in [1.54, 1.807) is 12.1 Å². The molecule has 0 bridgehead atoms. The highest BCUT2D eigenvalue weighted by atomic mass is 19.1. The normalized spacial score (nSPS) is 16.1. The molecule has 4 nitrogen and oxygen atoms in total. The van der Waals surface area contributed by atoms with E-state index in [2.05, 4.69) is 18.2 Å². The van der Waals surface area contributed by atoms with Gasteiger partial charge in [-0.25, -0.2) is 9.18 Å². The minimum absolute atomic E-state index is 0.0607. The van der Waals surface area contributed by atoms with Crippen LogP contribution in [0.5, 0.6) is 0 Å². The maximum absolute atomic E-state index is 13.1. The molecular weight excluding hydrogens is 341 g/mol. The van der Waals surface area contributed by atoms with Gasteiger partial charge in [0.15, 0.2) is 0 Å². The minimum Gasteiger partial charge on any atom is -0.324 e. The molecule has 2 aliphatic heterocycles. The van der Waals surface area contributed by atoms with Crippen LogP contribution < -0.4 is 0 Å². The zero-order chi connectivity index (χ0) is 18.8. The van der Waals surface area contributed by atoms with E-state index in [0.29, 0.717) is 44.6 Å². The Kier molecular flexibility index (Phi) is 4.64. The summed E-state index contributed by atoms with van der Waals surface area (Å²) in [6, 6.07) is 16.5. The molecule has 0 radical (unpaired) electrons. The van der Waals surface area contributed by atoms with Crippen LogP contribution in [0.15, 0.2) is 54.1 Å². The smallest absolute Gasteiger partial charge is 0.320 e. The number of urea groups is 1. The fourth-order valence-electron chi connectivity index (χ4n) is 3.85. The second kappa shape index (κ2) is 7.24. The molecule has 27 heavy (non-hydrogen) atoms. The van der Waals surface area contributed by atoms with Gasteiger partial charge in [-0.15, -0.1) is 0 Å². The molecule has 2 aliphatic rings. The molecule has 0 atom stereocenters. The summed E-state index contributed by atoms with van der Waals surface area (Å²) < 4.78 is 13.1. The number of allylic oxidation sites excluding steroid dienone is 1. The van der Waals surface area contributed by atoms with Crippen LogP contribution in [-0.4, -0.2) is 28.9 Å². The molecule has 0 aromatic heterocycles. The summed E-state index contributed by atoms with van der Waals surface area (Å²) in [7, 11) is 0. The summed E-state index contributed by atoms with van der Waals surface area (Å²) >= 11 is 0. The Bertz CT molecular complexity index is 908. The Hall–Kier alpha value is -3.13. The Labute approximate surface area is 158 Å². The predicted octanol–water partition coefficient (Wildman–Crippen LogP) is 4.33. The van der Waals surface area contributed by atoms with Crippen LogP contribution in [-0.2, 0) is 13.1 Å². The average Bonchev–Trinajstić information content (AvgIpc) is 3.14. The maximum atomic E-state index is 13.1. The summed E-state index contributed by atoms with van der Waals surface area (Å²) in [4.78, 5) is 16.6. The number of likely N-dealkylation sites (tertiary alicyclic amines) is 1. The largest absolute Gasteiger partial charge is 0.324 e. The Balaban J connectivity index is 1.43. The van der Waals surface area contributed by atoms with E-state index >= 15 is 0 Å². The summed E-state index contributed by atoms with van der Waals surface area (Å²) in [6.45, 7) is 2.53. The van der Waals surface area contributed by atoms with E-state index < -0.39 is 0 Å². The van der Waals surface area contributed by atoms with Crippen molar-refractivity contribution in [3.8, 4) is 6.07 Å². The maximum Gasteiger partial charge on any atom is 0.320 e. The van der Waals surface area contributed by atoms with Crippen molar-refractivity contribution in [2.45, 2.75) is 25.9 Å². The SMILES string of the molecule is N#CC(=C1CCN(C(=O)N2Cc3ccccc3C2)CC1)c1ccc(F)cc1. The standard InChI is InChI=1S/C22H20FN3O/c23-20-7-5-16(6-8-20)21(13-24)17-9-11-25(12-10-17)22(27)26-14-18-3-1-2-4-19(18)15-26/h1-8H,9-12,14-15H2. The summed E-state index contributed by atoms with van der Waals surface area (Å²) in [5.74, 6) is -0.312. The lowest BCUT2D eigenvalue weighted by Gasteiger charge is -2.32. The number of amides is 2. The molecule has 4 rings (SSSR count). The first-order valence-electron chi connectivity index (χ1n) is 9.14. The number of rotatable bonds is 1. The number of piperidine rings is 1. The Morgan fingerprint density at radius 1 is 0.926 bits per heavy atom. The molecule has 0 N–H and O–H groups in total. The molecule has 136 valence electrons. The van der Waals surface area contributed by atoms with Gasteiger partial charge in [0.05, 0.1) is 11.6 Å². The van der Waals surface area contributed by atoms with Crippen molar-refractivity contribution in [2.75, 3.05) is 13.1 Å². The van der Waals surface area contributed by atoms with Crippen LogP contribution in [0.25, 0.3) is 5.57 Å². The van der Waals surface area contributed by atoms with Crippen LogP contribution in [0.3, 0.4) is 0 Å². The average molecular weight is 361 g/mol. The van der Waals surface area contributed by atoms with Gasteiger partial charge in [-0.2, -0.15) is 5.26 Å². The van der Waals surface area contributed by atoms with Gasteiger partial charge in [0, 0.05) is 26.2 Å². The highest BCUT2D eigenvalue weighted by Gasteiger charge is 2.29. The van der Waals surface area contributed by atoms with Crippen LogP contribution in [0, 0.1) is 17.1 Å². The van der Waals surface area contributed by atoms with Gasteiger partial charge in [0.25, 0.3) is 0 Å². The number of fused-ring (bicyclic) bond motifs is 1. The van der Waals surface area contributed by atoms with Crippen molar-refractivity contribution in [2.24, 2.45) is 0 Å². The number of halogens is 1. The molecule has 5 heteroatoms. The van der Waals surface area contributed by atoms with E-state index in [1.165, 1.54) is 23.3 Å². The molecular formula is C22H20FN3O. The molecule has 0 unspecified atom stereocenters. The van der Waals surface area contributed by atoms with Crippen molar-refractivity contribution < 1.29 is 9.18 Å². The predicted molar refractivity (Wildman–Crippen MR) is 101 cm³/mol. The summed E-state index contributed by atoms with van der Waals surface area (Å²) in [5.41, 5.74) is 4.82. The summed E-state index contributed by atoms with van der Waals surface area (Å²) in [6.07, 6.45) is 1.35. The van der Waals surface area contributed by atoms with Crippen molar-refractivity contribution in [3.05, 3.63) is 76.6 Å². The van der Waals surface area contributed by atoms with Crippen LogP contribution in [0.1, 0.15) is 29.5 Å². The molecule has 0 aliphatic carbocycles. The first-order valence-corrected chi connectivity index (χ1v) is 9.14. The van der Waals surface area contributed by atoms with Crippen molar-refractivity contribution in [1.82, 2.24) is 9.80 Å². The number of nitriles is 1. The monoisotopic (exact) mass is 361 g/mol. The Morgan fingerprint density at radius 2 is 1.52 bits per heavy atom. The number of hydrogen-bond acceptors (Lipinski definition) is 2. The third kappa shape index (κ3) is 3.43. The van der Waals surface area contributed by atoms with Gasteiger partial charge in [-0.05, 0) is 47.2 Å². The van der Waals surface area contributed by atoms with Gasteiger partial charge in [0.1, 0.15) is 5.82 Å². The van der Waals surface area contributed by atoms with E-state index in [9.17, 15) is 14.4 Å². The fraction of sp³-hybridized carbons (Fsp3) is 0.273. The molecule has 2 amide bonds. The number of nitrogens with zero attached hydrogens (tertiary/aromatic N) is 3. The lowest BCUT2D eigenvalue weighted by Crippen LogP contribution is -2.43. The van der Waals surface area contributed by atoms with Crippen molar-refractivity contribution >= 4 is 11.6 Å². The highest BCUT2D eigenvalue weighted by molar-refractivity contribution is 5.80. The zero-order valence-electron chi connectivity index (χ0n) is 15.0. The number of carbonyl (C=O) groups is 1.